The van der Waals surface area contributed by atoms with Gasteiger partial charge in [0.25, 0.3) is 0 Å². The van der Waals surface area contributed by atoms with Crippen LogP contribution in [0.15, 0.2) is 0 Å². The molecule has 2 fully saturated rings. The monoisotopic (exact) mass is 155 g/mol. The molecule has 0 aromatic rings. The molecule has 0 aliphatic heterocycles. The highest BCUT2D eigenvalue weighted by molar-refractivity contribution is 5.78. The maximum atomic E-state index is 10.9. The number of nitrogens with two attached hydrogens (primary N) is 1. The van der Waals surface area contributed by atoms with E-state index < -0.39 is 6.10 Å². The van der Waals surface area contributed by atoms with Crippen LogP contribution in [0.1, 0.15) is 19.3 Å². The van der Waals surface area contributed by atoms with Gasteiger partial charge >= 0.3 is 0 Å². The Balaban J connectivity index is 2.17. The van der Waals surface area contributed by atoms with E-state index in [1.807, 2.05) is 0 Å². The molecule has 62 valence electrons. The van der Waals surface area contributed by atoms with E-state index in [9.17, 15) is 9.90 Å². The summed E-state index contributed by atoms with van der Waals surface area (Å²) in [6.07, 6.45) is 2.73. The largest absolute Gasteiger partial charge is 0.392 e. The molecule has 3 heteroatoms. The lowest BCUT2D eigenvalue weighted by Gasteiger charge is -2.23. The van der Waals surface area contributed by atoms with E-state index in [0.29, 0.717) is 11.8 Å². The van der Waals surface area contributed by atoms with Crippen LogP contribution in [-0.2, 0) is 4.79 Å². The van der Waals surface area contributed by atoms with E-state index in [1.165, 1.54) is 0 Å². The van der Waals surface area contributed by atoms with Crippen LogP contribution >= 0.6 is 0 Å². The number of fused-ring (bicyclic) bond motifs is 2. The van der Waals surface area contributed by atoms with Gasteiger partial charge in [-0.05, 0) is 31.1 Å². The number of rotatable bonds is 1. The Morgan fingerprint density at radius 3 is 2.36 bits per heavy atom. The van der Waals surface area contributed by atoms with E-state index in [-0.39, 0.29) is 11.8 Å². The van der Waals surface area contributed by atoms with E-state index >= 15 is 0 Å². The summed E-state index contributed by atoms with van der Waals surface area (Å²) in [4.78, 5) is 10.9. The van der Waals surface area contributed by atoms with E-state index in [1.54, 1.807) is 0 Å². The lowest BCUT2D eigenvalue weighted by molar-refractivity contribution is -0.127. The quantitative estimate of drug-likeness (QED) is 0.554. The Morgan fingerprint density at radius 1 is 1.36 bits per heavy atom. The molecule has 2 bridgehead atoms. The number of carbonyl (C=O) groups excluding carboxylic acids is 1. The van der Waals surface area contributed by atoms with Crippen LogP contribution in [0, 0.1) is 17.8 Å². The van der Waals surface area contributed by atoms with Crippen molar-refractivity contribution in [3.63, 3.8) is 0 Å². The van der Waals surface area contributed by atoms with Gasteiger partial charge in [-0.2, -0.15) is 0 Å². The predicted molar refractivity (Wildman–Crippen MR) is 39.5 cm³/mol. The first-order valence-corrected chi connectivity index (χ1v) is 4.17. The normalized spacial score (nSPS) is 48.1. The van der Waals surface area contributed by atoms with Crippen LogP contribution in [-0.4, -0.2) is 17.1 Å². The molecule has 2 aliphatic rings. The van der Waals surface area contributed by atoms with Crippen LogP contribution in [0.2, 0.25) is 0 Å². The second kappa shape index (κ2) is 2.21. The average molecular weight is 155 g/mol. The van der Waals surface area contributed by atoms with E-state index in [2.05, 4.69) is 0 Å². The molecule has 3 nitrogen and oxygen atoms in total. The summed E-state index contributed by atoms with van der Waals surface area (Å²) in [6.45, 7) is 0. The van der Waals surface area contributed by atoms with Crippen molar-refractivity contribution in [1.82, 2.24) is 0 Å². The van der Waals surface area contributed by atoms with Gasteiger partial charge in [0.2, 0.25) is 5.91 Å². The zero-order valence-corrected chi connectivity index (χ0v) is 6.36. The summed E-state index contributed by atoms with van der Waals surface area (Å²) in [6, 6.07) is 0. The number of hydrogen-bond donors (Lipinski definition) is 2. The zero-order valence-electron chi connectivity index (χ0n) is 6.36. The first-order valence-electron chi connectivity index (χ1n) is 4.17. The minimum absolute atomic E-state index is 0.242. The number of primary amides is 1. The third kappa shape index (κ3) is 0.872. The summed E-state index contributed by atoms with van der Waals surface area (Å²) in [5, 5.41) is 9.55. The van der Waals surface area contributed by atoms with Gasteiger partial charge in [0, 0.05) is 0 Å². The molecule has 1 amide bonds. The average Bonchev–Trinajstić information content (AvgIpc) is 2.44. The van der Waals surface area contributed by atoms with Gasteiger partial charge in [-0.15, -0.1) is 0 Å². The highest BCUT2D eigenvalue weighted by Crippen LogP contribution is 2.48. The van der Waals surface area contributed by atoms with Gasteiger partial charge in [-0.3, -0.25) is 4.79 Å². The van der Waals surface area contributed by atoms with E-state index in [0.717, 1.165) is 19.3 Å². The standard InChI is InChI=1S/C8H13NO2/c9-8(11)6-4-1-2-5(3-4)7(6)10/h4-7,10H,1-3H2,(H2,9,11)/t4-,5-,6+,7-/m1/s1. The molecule has 2 aliphatic carbocycles. The van der Waals surface area contributed by atoms with Crippen molar-refractivity contribution in [2.75, 3.05) is 0 Å². The number of hydrogen-bond acceptors (Lipinski definition) is 2. The van der Waals surface area contributed by atoms with Crippen molar-refractivity contribution in [1.29, 1.82) is 0 Å². The summed E-state index contributed by atoms with van der Waals surface area (Å²) in [5.74, 6) is 0.184. The summed E-state index contributed by atoms with van der Waals surface area (Å²) >= 11 is 0. The second-order valence-electron chi connectivity index (χ2n) is 3.75. The predicted octanol–water partition coefficient (Wildman–Crippen LogP) is -0.121. The van der Waals surface area contributed by atoms with Gasteiger partial charge in [0.1, 0.15) is 0 Å². The molecule has 2 rings (SSSR count). The fraction of sp³-hybridized carbons (Fsp3) is 0.875. The smallest absolute Gasteiger partial charge is 0.223 e. The maximum absolute atomic E-state index is 10.9. The highest BCUT2D eigenvalue weighted by Gasteiger charge is 2.49. The molecule has 0 unspecified atom stereocenters. The summed E-state index contributed by atoms with van der Waals surface area (Å²) in [5.41, 5.74) is 5.18. The van der Waals surface area contributed by atoms with Crippen molar-refractivity contribution < 1.29 is 9.90 Å². The third-order valence-electron chi connectivity index (χ3n) is 3.20. The van der Waals surface area contributed by atoms with Crippen LogP contribution in [0.3, 0.4) is 0 Å². The van der Waals surface area contributed by atoms with Crippen molar-refractivity contribution in [2.45, 2.75) is 25.4 Å². The molecule has 11 heavy (non-hydrogen) atoms. The van der Waals surface area contributed by atoms with Gasteiger partial charge < -0.3 is 10.8 Å². The molecule has 0 heterocycles. The van der Waals surface area contributed by atoms with Crippen molar-refractivity contribution in [3.8, 4) is 0 Å². The van der Waals surface area contributed by atoms with Crippen molar-refractivity contribution in [3.05, 3.63) is 0 Å². The number of aliphatic hydroxyl groups excluding tert-OH is 1. The lowest BCUT2D eigenvalue weighted by Crippen LogP contribution is -2.37. The van der Waals surface area contributed by atoms with Crippen molar-refractivity contribution in [2.24, 2.45) is 23.5 Å². The lowest BCUT2D eigenvalue weighted by atomic mass is 9.86. The molecule has 0 aromatic heterocycles. The Hall–Kier alpha value is -0.570. The Bertz CT molecular complexity index is 191. The van der Waals surface area contributed by atoms with Crippen molar-refractivity contribution >= 4 is 5.91 Å². The first kappa shape index (κ1) is 7.10. The minimum Gasteiger partial charge on any atom is -0.392 e. The summed E-state index contributed by atoms with van der Waals surface area (Å²) < 4.78 is 0. The highest BCUT2D eigenvalue weighted by atomic mass is 16.3. The van der Waals surface area contributed by atoms with Gasteiger partial charge in [-0.25, -0.2) is 0 Å². The third-order valence-corrected chi connectivity index (χ3v) is 3.20. The number of carbonyl (C=O) groups is 1. The Morgan fingerprint density at radius 2 is 2.00 bits per heavy atom. The van der Waals surface area contributed by atoms with Gasteiger partial charge in [0.15, 0.2) is 0 Å². The molecule has 3 N–H and O–H groups in total. The van der Waals surface area contributed by atoms with Crippen LogP contribution < -0.4 is 5.73 Å². The van der Waals surface area contributed by atoms with Crippen LogP contribution in [0.5, 0.6) is 0 Å². The van der Waals surface area contributed by atoms with Gasteiger partial charge in [0.05, 0.1) is 12.0 Å². The molecule has 0 spiro atoms. The number of amides is 1. The number of aliphatic hydroxyl groups is 1. The van der Waals surface area contributed by atoms with Gasteiger partial charge in [-0.1, -0.05) is 0 Å². The maximum Gasteiger partial charge on any atom is 0.223 e. The Kier molecular flexibility index (Phi) is 1.42. The molecule has 0 saturated heterocycles. The minimum atomic E-state index is -0.439. The second-order valence-corrected chi connectivity index (χ2v) is 3.75. The summed E-state index contributed by atoms with van der Waals surface area (Å²) in [7, 11) is 0. The van der Waals surface area contributed by atoms with E-state index in [4.69, 9.17) is 5.73 Å². The molecule has 0 aromatic carbocycles. The molecular weight excluding hydrogens is 142 g/mol. The first-order chi connectivity index (χ1) is 5.20. The zero-order chi connectivity index (χ0) is 8.01. The molecule has 2 saturated carbocycles. The fourth-order valence-electron chi connectivity index (χ4n) is 2.66. The SMILES string of the molecule is NC(=O)[C@H]1[C@@H]2CC[C@H](C2)[C@H]1O. The van der Waals surface area contributed by atoms with Crippen LogP contribution in [0.4, 0.5) is 0 Å². The Labute approximate surface area is 65.6 Å². The van der Waals surface area contributed by atoms with Crippen LogP contribution in [0.25, 0.3) is 0 Å². The molecular formula is C8H13NO2. The molecule has 0 radical (unpaired) electrons. The topological polar surface area (TPSA) is 63.3 Å². The fourth-order valence-corrected chi connectivity index (χ4v) is 2.66. The molecule has 4 atom stereocenters.